The average Bonchev–Trinajstić information content (AvgIpc) is 2.90. The first-order valence-corrected chi connectivity index (χ1v) is 6.72. The van der Waals surface area contributed by atoms with E-state index in [9.17, 15) is 0 Å². The lowest BCUT2D eigenvalue weighted by Crippen LogP contribution is -2.18. The van der Waals surface area contributed by atoms with Crippen molar-refractivity contribution in [1.82, 2.24) is 20.1 Å². The van der Waals surface area contributed by atoms with Gasteiger partial charge in [-0.05, 0) is 12.5 Å². The fourth-order valence-electron chi connectivity index (χ4n) is 1.56. The Morgan fingerprint density at radius 2 is 2.35 bits per heavy atom. The molecule has 0 aliphatic heterocycles. The number of thiazole rings is 1. The molecule has 2 heterocycles. The quantitative estimate of drug-likeness (QED) is 0.854. The molecule has 0 saturated heterocycles. The van der Waals surface area contributed by atoms with Gasteiger partial charge in [0.05, 0.1) is 12.7 Å². The van der Waals surface area contributed by atoms with Crippen molar-refractivity contribution in [3.05, 3.63) is 34.5 Å². The van der Waals surface area contributed by atoms with E-state index < -0.39 is 0 Å². The van der Waals surface area contributed by atoms with E-state index in [4.69, 9.17) is 0 Å². The zero-order chi connectivity index (χ0) is 12.1. The Balaban J connectivity index is 1.83. The van der Waals surface area contributed by atoms with Gasteiger partial charge in [0.25, 0.3) is 0 Å². The van der Waals surface area contributed by atoms with Crippen LogP contribution >= 0.6 is 11.3 Å². The van der Waals surface area contributed by atoms with Crippen LogP contribution in [0.1, 0.15) is 24.4 Å². The Bertz CT molecular complexity index is 433. The lowest BCUT2D eigenvalue weighted by Gasteiger charge is -2.05. The van der Waals surface area contributed by atoms with Crippen molar-refractivity contribution >= 4 is 11.3 Å². The minimum Gasteiger partial charge on any atom is -0.312 e. The molecule has 2 aromatic heterocycles. The Morgan fingerprint density at radius 1 is 1.47 bits per heavy atom. The minimum absolute atomic E-state index is 0.681. The number of nitrogens with zero attached hydrogens (tertiary/aromatic N) is 3. The lowest BCUT2D eigenvalue weighted by molar-refractivity contribution is 0.552. The van der Waals surface area contributed by atoms with Crippen LogP contribution in [0.2, 0.25) is 0 Å². The molecule has 0 aliphatic carbocycles. The third-order valence-electron chi connectivity index (χ3n) is 2.35. The second kappa shape index (κ2) is 5.93. The van der Waals surface area contributed by atoms with Gasteiger partial charge < -0.3 is 5.32 Å². The van der Waals surface area contributed by atoms with Crippen LogP contribution < -0.4 is 5.32 Å². The topological polar surface area (TPSA) is 42.7 Å². The van der Waals surface area contributed by atoms with Crippen molar-refractivity contribution in [3.8, 4) is 0 Å². The van der Waals surface area contributed by atoms with Crippen LogP contribution in [0.15, 0.2) is 24.0 Å². The number of hydrogen-bond donors (Lipinski definition) is 1. The third kappa shape index (κ3) is 3.94. The molecule has 1 N–H and O–H groups in total. The van der Waals surface area contributed by atoms with Gasteiger partial charge in [-0.2, -0.15) is 5.10 Å². The molecule has 2 rings (SSSR count). The summed E-state index contributed by atoms with van der Waals surface area (Å²) in [6.45, 7) is 7.10. The molecule has 5 heteroatoms. The molecule has 17 heavy (non-hydrogen) atoms. The molecule has 4 nitrogen and oxygen atoms in total. The fourth-order valence-corrected chi connectivity index (χ4v) is 2.17. The molecule has 0 amide bonds. The smallest absolute Gasteiger partial charge is 0.114 e. The van der Waals surface area contributed by atoms with Gasteiger partial charge in [0.2, 0.25) is 0 Å². The molecule has 0 unspecified atom stereocenters. The largest absolute Gasteiger partial charge is 0.312 e. The van der Waals surface area contributed by atoms with Gasteiger partial charge in [0.15, 0.2) is 0 Å². The van der Waals surface area contributed by atoms with Gasteiger partial charge in [-0.3, -0.25) is 4.68 Å². The zero-order valence-electron chi connectivity index (χ0n) is 10.3. The number of nitrogens with one attached hydrogen (secondary N) is 1. The van der Waals surface area contributed by atoms with Crippen LogP contribution in [0.3, 0.4) is 0 Å². The van der Waals surface area contributed by atoms with Crippen molar-refractivity contribution in [2.75, 3.05) is 6.54 Å². The average molecular weight is 250 g/mol. The van der Waals surface area contributed by atoms with E-state index >= 15 is 0 Å². The van der Waals surface area contributed by atoms with E-state index in [1.165, 1.54) is 5.56 Å². The number of aromatic nitrogens is 3. The highest BCUT2D eigenvalue weighted by atomic mass is 32.1. The Hall–Kier alpha value is -1.20. The van der Waals surface area contributed by atoms with Crippen LogP contribution in [0.5, 0.6) is 0 Å². The van der Waals surface area contributed by atoms with Gasteiger partial charge in [-0.15, -0.1) is 11.3 Å². The Morgan fingerprint density at radius 3 is 3.06 bits per heavy atom. The molecule has 0 spiro atoms. The van der Waals surface area contributed by atoms with Crippen LogP contribution in [-0.2, 0) is 13.1 Å². The van der Waals surface area contributed by atoms with Crippen LogP contribution in [-0.4, -0.2) is 21.3 Å². The monoisotopic (exact) mass is 250 g/mol. The van der Waals surface area contributed by atoms with Crippen LogP contribution in [0, 0.1) is 5.92 Å². The summed E-state index contributed by atoms with van der Waals surface area (Å²) in [5, 5.41) is 10.8. The van der Waals surface area contributed by atoms with Gasteiger partial charge in [-0.1, -0.05) is 13.8 Å². The van der Waals surface area contributed by atoms with E-state index in [0.29, 0.717) is 5.92 Å². The lowest BCUT2D eigenvalue weighted by atomic mass is 10.2. The van der Waals surface area contributed by atoms with E-state index in [1.807, 2.05) is 22.5 Å². The van der Waals surface area contributed by atoms with Crippen LogP contribution in [0.4, 0.5) is 0 Å². The van der Waals surface area contributed by atoms with Gasteiger partial charge in [0, 0.05) is 29.9 Å². The highest BCUT2D eigenvalue weighted by Crippen LogP contribution is 2.07. The first-order chi connectivity index (χ1) is 8.24. The second-order valence-electron chi connectivity index (χ2n) is 4.50. The predicted molar refractivity (Wildman–Crippen MR) is 70.0 cm³/mol. The third-order valence-corrected chi connectivity index (χ3v) is 3.11. The molecule has 0 atom stereocenters. The van der Waals surface area contributed by atoms with Gasteiger partial charge in [0.1, 0.15) is 5.01 Å². The van der Waals surface area contributed by atoms with Gasteiger partial charge in [-0.25, -0.2) is 4.98 Å². The summed E-state index contributed by atoms with van der Waals surface area (Å²) in [4.78, 5) is 4.25. The van der Waals surface area contributed by atoms with Crippen molar-refractivity contribution in [2.24, 2.45) is 5.92 Å². The summed E-state index contributed by atoms with van der Waals surface area (Å²) in [6, 6.07) is 0. The number of rotatable bonds is 6. The molecule has 0 aromatic carbocycles. The predicted octanol–water partition coefficient (Wildman–Crippen LogP) is 2.13. The molecule has 92 valence electrons. The maximum absolute atomic E-state index is 4.33. The summed E-state index contributed by atoms with van der Waals surface area (Å²) in [6.07, 6.45) is 5.82. The molecule has 2 aromatic rings. The summed E-state index contributed by atoms with van der Waals surface area (Å²) in [7, 11) is 0. The van der Waals surface area contributed by atoms with Crippen molar-refractivity contribution in [2.45, 2.75) is 26.9 Å². The van der Waals surface area contributed by atoms with E-state index in [0.717, 1.165) is 24.6 Å². The molecule has 0 bridgehead atoms. The maximum Gasteiger partial charge on any atom is 0.114 e. The SMILES string of the molecule is CC(C)CNCc1cnn(Cc2nccs2)c1. The van der Waals surface area contributed by atoms with Crippen molar-refractivity contribution in [3.63, 3.8) is 0 Å². The van der Waals surface area contributed by atoms with E-state index in [-0.39, 0.29) is 0 Å². The molecular weight excluding hydrogens is 232 g/mol. The highest BCUT2D eigenvalue weighted by Gasteiger charge is 2.01. The molecule has 0 fully saturated rings. The summed E-state index contributed by atoms with van der Waals surface area (Å²) < 4.78 is 1.94. The summed E-state index contributed by atoms with van der Waals surface area (Å²) in [5.41, 5.74) is 1.22. The molecule has 0 aliphatic rings. The normalized spacial score (nSPS) is 11.2. The first-order valence-electron chi connectivity index (χ1n) is 5.84. The molecule has 0 radical (unpaired) electrons. The minimum atomic E-state index is 0.681. The standard InChI is InChI=1S/C12H18N4S/c1-10(2)5-13-6-11-7-15-16(8-11)9-12-14-3-4-17-12/h3-4,7-8,10,13H,5-6,9H2,1-2H3. The maximum atomic E-state index is 4.33. The Labute approximate surface area is 106 Å². The van der Waals surface area contributed by atoms with Crippen molar-refractivity contribution < 1.29 is 0 Å². The summed E-state index contributed by atoms with van der Waals surface area (Å²) in [5.74, 6) is 0.681. The van der Waals surface area contributed by atoms with E-state index in [1.54, 1.807) is 11.3 Å². The van der Waals surface area contributed by atoms with Crippen LogP contribution in [0.25, 0.3) is 0 Å². The zero-order valence-corrected chi connectivity index (χ0v) is 11.1. The number of hydrogen-bond acceptors (Lipinski definition) is 4. The fraction of sp³-hybridized carbons (Fsp3) is 0.500. The van der Waals surface area contributed by atoms with Crippen molar-refractivity contribution in [1.29, 1.82) is 0 Å². The van der Waals surface area contributed by atoms with Gasteiger partial charge >= 0.3 is 0 Å². The van der Waals surface area contributed by atoms with E-state index in [2.05, 4.69) is 35.4 Å². The highest BCUT2D eigenvalue weighted by molar-refractivity contribution is 7.09. The Kier molecular flexibility index (Phi) is 4.28. The first kappa shape index (κ1) is 12.3. The second-order valence-corrected chi connectivity index (χ2v) is 5.48. The molecular formula is C12H18N4S. The summed E-state index contributed by atoms with van der Waals surface area (Å²) >= 11 is 1.66. The molecule has 0 saturated carbocycles.